The van der Waals surface area contributed by atoms with E-state index in [1.807, 2.05) is 44.2 Å². The van der Waals surface area contributed by atoms with Crippen LogP contribution in [0.25, 0.3) is 10.8 Å². The third kappa shape index (κ3) is 4.76. The summed E-state index contributed by atoms with van der Waals surface area (Å²) in [5.74, 6) is 0.473. The number of aromatic nitrogens is 2. The number of nitrogens with zero attached hydrogens (tertiary/aromatic N) is 2. The van der Waals surface area contributed by atoms with Gasteiger partial charge < -0.3 is 9.47 Å². The predicted octanol–water partition coefficient (Wildman–Crippen LogP) is 3.68. The number of carbonyl (C=O) groups is 1. The lowest BCUT2D eigenvalue weighted by atomic mass is 10.1. The molecule has 0 saturated carbocycles. The molecule has 0 atom stereocenters. The maximum Gasteiger partial charge on any atom is 0.359 e. The molecule has 2 aromatic carbocycles. The van der Waals surface area contributed by atoms with Gasteiger partial charge in [0.2, 0.25) is 0 Å². The Bertz CT molecular complexity index is 996. The highest BCUT2D eigenvalue weighted by Crippen LogP contribution is 2.15. The Morgan fingerprint density at radius 2 is 1.68 bits per heavy atom. The van der Waals surface area contributed by atoms with Gasteiger partial charge in [0.25, 0.3) is 5.56 Å². The van der Waals surface area contributed by atoms with Crippen molar-refractivity contribution in [2.45, 2.75) is 26.8 Å². The second-order valence-electron chi connectivity index (χ2n) is 6.93. The summed E-state index contributed by atoms with van der Waals surface area (Å²) in [6, 6.07) is 16.5. The van der Waals surface area contributed by atoms with E-state index in [-0.39, 0.29) is 23.8 Å². The van der Waals surface area contributed by atoms with Crippen LogP contribution < -0.4 is 10.3 Å². The molecule has 0 spiro atoms. The van der Waals surface area contributed by atoms with Gasteiger partial charge in [0, 0.05) is 18.4 Å². The van der Waals surface area contributed by atoms with Crippen molar-refractivity contribution in [3.8, 4) is 5.75 Å². The smallest absolute Gasteiger partial charge is 0.359 e. The number of rotatable bonds is 8. The van der Waals surface area contributed by atoms with Crippen molar-refractivity contribution in [3.05, 3.63) is 70.6 Å². The molecule has 6 heteroatoms. The zero-order valence-corrected chi connectivity index (χ0v) is 16.1. The zero-order chi connectivity index (χ0) is 19.9. The number of benzene rings is 2. The van der Waals surface area contributed by atoms with Crippen molar-refractivity contribution in [2.75, 3.05) is 13.2 Å². The van der Waals surface area contributed by atoms with Gasteiger partial charge >= 0.3 is 5.97 Å². The molecule has 0 unspecified atom stereocenters. The fraction of sp³-hybridized carbons (Fsp3) is 0.318. The summed E-state index contributed by atoms with van der Waals surface area (Å²) < 4.78 is 12.3. The number of hydrogen-bond donors (Lipinski definition) is 0. The molecule has 3 rings (SSSR count). The molecule has 0 fully saturated rings. The van der Waals surface area contributed by atoms with Crippen LogP contribution in [0.4, 0.5) is 0 Å². The molecule has 0 N–H and O–H groups in total. The van der Waals surface area contributed by atoms with Gasteiger partial charge in [-0.15, -0.1) is 0 Å². The van der Waals surface area contributed by atoms with Gasteiger partial charge in [0.05, 0.1) is 18.6 Å². The SMILES string of the molecule is CC(C)Cn1nc(C(=O)OCCCOc2ccccc2)c2ccccc2c1=O. The summed E-state index contributed by atoms with van der Waals surface area (Å²) in [5, 5.41) is 5.27. The van der Waals surface area contributed by atoms with Gasteiger partial charge in [-0.05, 0) is 24.1 Å². The van der Waals surface area contributed by atoms with Crippen molar-refractivity contribution in [2.24, 2.45) is 5.92 Å². The molecule has 146 valence electrons. The Morgan fingerprint density at radius 3 is 2.39 bits per heavy atom. The van der Waals surface area contributed by atoms with Gasteiger partial charge in [-0.1, -0.05) is 50.2 Å². The maximum atomic E-state index is 12.6. The average molecular weight is 380 g/mol. The quantitative estimate of drug-likeness (QED) is 0.440. The molecule has 1 aromatic heterocycles. The van der Waals surface area contributed by atoms with E-state index in [0.29, 0.717) is 30.3 Å². The first-order valence-corrected chi connectivity index (χ1v) is 9.41. The normalized spacial score (nSPS) is 11.0. The van der Waals surface area contributed by atoms with E-state index in [4.69, 9.17) is 9.47 Å². The van der Waals surface area contributed by atoms with Crippen LogP contribution in [0, 0.1) is 5.92 Å². The van der Waals surface area contributed by atoms with Crippen LogP contribution in [0.2, 0.25) is 0 Å². The van der Waals surface area contributed by atoms with Crippen LogP contribution in [0.5, 0.6) is 5.75 Å². The molecule has 3 aromatic rings. The Labute approximate surface area is 163 Å². The third-order valence-electron chi connectivity index (χ3n) is 4.13. The summed E-state index contributed by atoms with van der Waals surface area (Å²) in [6.07, 6.45) is 0.560. The lowest BCUT2D eigenvalue weighted by Gasteiger charge is -2.12. The second kappa shape index (κ2) is 9.17. The number of ether oxygens (including phenoxy) is 2. The highest BCUT2D eigenvalue weighted by Gasteiger charge is 2.18. The van der Waals surface area contributed by atoms with Crippen molar-refractivity contribution >= 4 is 16.7 Å². The van der Waals surface area contributed by atoms with E-state index >= 15 is 0 Å². The lowest BCUT2D eigenvalue weighted by molar-refractivity contribution is 0.0478. The standard InChI is InChI=1S/C22H24N2O4/c1-16(2)15-24-21(25)19-12-7-6-11-18(19)20(23-24)22(26)28-14-8-13-27-17-9-4-3-5-10-17/h3-7,9-12,16H,8,13-15H2,1-2H3. The molecule has 0 saturated heterocycles. The minimum absolute atomic E-state index is 0.167. The molecule has 1 heterocycles. The maximum absolute atomic E-state index is 12.6. The number of esters is 1. The summed E-state index contributed by atoms with van der Waals surface area (Å²) in [4.78, 5) is 25.2. The van der Waals surface area contributed by atoms with Gasteiger partial charge in [-0.25, -0.2) is 9.48 Å². The number of fused-ring (bicyclic) bond motifs is 1. The monoisotopic (exact) mass is 380 g/mol. The van der Waals surface area contributed by atoms with Crippen LogP contribution in [-0.4, -0.2) is 29.0 Å². The first kappa shape index (κ1) is 19.6. The van der Waals surface area contributed by atoms with E-state index in [1.165, 1.54) is 4.68 Å². The average Bonchev–Trinajstić information content (AvgIpc) is 2.70. The zero-order valence-electron chi connectivity index (χ0n) is 16.1. The number of hydrogen-bond acceptors (Lipinski definition) is 5. The van der Waals surface area contributed by atoms with E-state index in [9.17, 15) is 9.59 Å². The van der Waals surface area contributed by atoms with Gasteiger partial charge in [0.1, 0.15) is 5.75 Å². The van der Waals surface area contributed by atoms with Gasteiger partial charge in [-0.2, -0.15) is 5.10 Å². The summed E-state index contributed by atoms with van der Waals surface area (Å²) in [7, 11) is 0. The van der Waals surface area contributed by atoms with Crippen LogP contribution >= 0.6 is 0 Å². The fourth-order valence-corrected chi connectivity index (χ4v) is 2.85. The van der Waals surface area contributed by atoms with E-state index in [1.54, 1.807) is 24.3 Å². The number of para-hydroxylation sites is 1. The van der Waals surface area contributed by atoms with Crippen molar-refractivity contribution in [3.63, 3.8) is 0 Å². The third-order valence-corrected chi connectivity index (χ3v) is 4.13. The molecule has 0 aliphatic rings. The Hall–Kier alpha value is -3.15. The molecule has 28 heavy (non-hydrogen) atoms. The first-order valence-electron chi connectivity index (χ1n) is 9.41. The fourth-order valence-electron chi connectivity index (χ4n) is 2.85. The van der Waals surface area contributed by atoms with E-state index < -0.39 is 5.97 Å². The first-order chi connectivity index (χ1) is 13.6. The molecular weight excluding hydrogens is 356 g/mol. The second-order valence-corrected chi connectivity index (χ2v) is 6.93. The van der Waals surface area contributed by atoms with Crippen molar-refractivity contribution in [1.29, 1.82) is 0 Å². The van der Waals surface area contributed by atoms with Crippen LogP contribution in [0.15, 0.2) is 59.4 Å². The molecule has 0 aliphatic carbocycles. The van der Waals surface area contributed by atoms with Gasteiger partial charge in [-0.3, -0.25) is 4.79 Å². The topological polar surface area (TPSA) is 70.4 Å². The number of carbonyl (C=O) groups excluding carboxylic acids is 1. The molecule has 0 aliphatic heterocycles. The largest absolute Gasteiger partial charge is 0.493 e. The van der Waals surface area contributed by atoms with Crippen molar-refractivity contribution in [1.82, 2.24) is 9.78 Å². The minimum Gasteiger partial charge on any atom is -0.493 e. The molecule has 0 bridgehead atoms. The lowest BCUT2D eigenvalue weighted by Crippen LogP contribution is -2.28. The molecule has 0 radical (unpaired) electrons. The Kier molecular flexibility index (Phi) is 6.42. The Morgan fingerprint density at radius 1 is 1.00 bits per heavy atom. The Balaban J connectivity index is 1.68. The highest BCUT2D eigenvalue weighted by atomic mass is 16.5. The van der Waals surface area contributed by atoms with E-state index in [2.05, 4.69) is 5.10 Å². The summed E-state index contributed by atoms with van der Waals surface area (Å²) >= 11 is 0. The van der Waals surface area contributed by atoms with Crippen LogP contribution in [-0.2, 0) is 11.3 Å². The molecule has 0 amide bonds. The minimum atomic E-state index is -0.534. The van der Waals surface area contributed by atoms with E-state index in [0.717, 1.165) is 5.75 Å². The van der Waals surface area contributed by atoms with Gasteiger partial charge in [0.15, 0.2) is 5.69 Å². The van der Waals surface area contributed by atoms with Crippen molar-refractivity contribution < 1.29 is 14.3 Å². The van der Waals surface area contributed by atoms with Crippen LogP contribution in [0.1, 0.15) is 30.8 Å². The highest BCUT2D eigenvalue weighted by molar-refractivity contribution is 6.02. The molecular formula is C22H24N2O4. The molecule has 6 nitrogen and oxygen atoms in total. The summed E-state index contributed by atoms with van der Waals surface area (Å²) in [5.41, 5.74) is -0.0306. The van der Waals surface area contributed by atoms with Crippen LogP contribution in [0.3, 0.4) is 0 Å². The predicted molar refractivity (Wildman–Crippen MR) is 108 cm³/mol. The summed E-state index contributed by atoms with van der Waals surface area (Å²) in [6.45, 7) is 5.08.